The van der Waals surface area contributed by atoms with Gasteiger partial charge < -0.3 is 9.64 Å². The highest BCUT2D eigenvalue weighted by Crippen LogP contribution is 2.22. The van der Waals surface area contributed by atoms with Crippen molar-refractivity contribution in [1.82, 2.24) is 4.90 Å². The highest BCUT2D eigenvalue weighted by Gasteiger charge is 2.26. The minimum absolute atomic E-state index is 0.0293. The van der Waals surface area contributed by atoms with Crippen LogP contribution in [-0.4, -0.2) is 41.5 Å². The molecule has 28 heavy (non-hydrogen) atoms. The second-order valence-electron chi connectivity index (χ2n) is 6.24. The van der Waals surface area contributed by atoms with Crippen LogP contribution >= 0.6 is 11.6 Å². The van der Waals surface area contributed by atoms with Crippen LogP contribution in [-0.2, 0) is 9.59 Å². The van der Waals surface area contributed by atoms with Gasteiger partial charge in [0, 0.05) is 35.8 Å². The predicted molar refractivity (Wildman–Crippen MR) is 103 cm³/mol. The smallest absolute Gasteiger partial charge is 0.269 e. The van der Waals surface area contributed by atoms with Crippen molar-refractivity contribution in [3.05, 3.63) is 63.7 Å². The van der Waals surface area contributed by atoms with Crippen molar-refractivity contribution < 1.29 is 19.2 Å². The number of benzene rings is 2. The van der Waals surface area contributed by atoms with Crippen LogP contribution in [0.25, 0.3) is 0 Å². The van der Waals surface area contributed by atoms with Crippen molar-refractivity contribution in [2.45, 2.75) is 12.8 Å². The Labute approximate surface area is 166 Å². The number of nitro benzene ring substituents is 1. The summed E-state index contributed by atoms with van der Waals surface area (Å²) in [4.78, 5) is 38.1. The van der Waals surface area contributed by atoms with Crippen LogP contribution in [0.1, 0.15) is 12.8 Å². The van der Waals surface area contributed by atoms with Gasteiger partial charge in [-0.25, -0.2) is 0 Å². The second kappa shape index (κ2) is 8.71. The van der Waals surface area contributed by atoms with Crippen LogP contribution in [0.3, 0.4) is 0 Å². The Hall–Kier alpha value is -3.13. The molecule has 0 radical (unpaired) electrons. The maximum atomic E-state index is 12.8. The van der Waals surface area contributed by atoms with Crippen molar-refractivity contribution in [2.24, 2.45) is 0 Å². The minimum Gasteiger partial charge on any atom is -0.484 e. The number of nitrogens with zero attached hydrogens (tertiary/aromatic N) is 3. The number of non-ortho nitro benzene ring substituents is 1. The molecule has 0 atom stereocenters. The number of ether oxygens (including phenoxy) is 1. The van der Waals surface area contributed by atoms with Gasteiger partial charge in [-0.1, -0.05) is 11.6 Å². The van der Waals surface area contributed by atoms with Crippen LogP contribution in [0.2, 0.25) is 5.02 Å². The lowest BCUT2D eigenvalue weighted by atomic mass is 10.2. The summed E-state index contributed by atoms with van der Waals surface area (Å²) in [5.74, 6) is 0.0838. The maximum absolute atomic E-state index is 12.8. The molecule has 0 bridgehead atoms. The van der Waals surface area contributed by atoms with E-state index in [9.17, 15) is 19.7 Å². The summed E-state index contributed by atoms with van der Waals surface area (Å²) in [5.41, 5.74) is 0.376. The molecule has 8 nitrogen and oxygen atoms in total. The molecule has 2 aromatic carbocycles. The van der Waals surface area contributed by atoms with Gasteiger partial charge in [0.2, 0.25) is 5.91 Å². The number of nitro groups is 1. The lowest BCUT2D eigenvalue weighted by Crippen LogP contribution is -2.44. The van der Waals surface area contributed by atoms with E-state index in [2.05, 4.69) is 0 Å². The molecule has 0 aliphatic carbocycles. The molecule has 1 fully saturated rings. The van der Waals surface area contributed by atoms with Gasteiger partial charge >= 0.3 is 0 Å². The third kappa shape index (κ3) is 4.77. The number of halogens is 1. The summed E-state index contributed by atoms with van der Waals surface area (Å²) in [6.07, 6.45) is 1.19. The van der Waals surface area contributed by atoms with Gasteiger partial charge in [0.1, 0.15) is 12.4 Å². The van der Waals surface area contributed by atoms with Crippen molar-refractivity contribution in [1.29, 1.82) is 0 Å². The average molecular weight is 404 g/mol. The van der Waals surface area contributed by atoms with Gasteiger partial charge in [-0.15, -0.1) is 0 Å². The lowest BCUT2D eigenvalue weighted by molar-refractivity contribution is -0.384. The summed E-state index contributed by atoms with van der Waals surface area (Å²) in [5, 5.41) is 11.4. The van der Waals surface area contributed by atoms with E-state index in [1.807, 2.05) is 0 Å². The molecule has 2 aromatic rings. The Kier molecular flexibility index (Phi) is 6.10. The van der Waals surface area contributed by atoms with Crippen LogP contribution < -0.4 is 9.64 Å². The Morgan fingerprint density at radius 3 is 2.43 bits per heavy atom. The summed E-state index contributed by atoms with van der Waals surface area (Å²) in [6, 6.07) is 12.2. The maximum Gasteiger partial charge on any atom is 0.269 e. The van der Waals surface area contributed by atoms with Crippen LogP contribution in [0.15, 0.2) is 48.5 Å². The number of anilines is 1. The molecule has 1 aliphatic rings. The molecule has 146 valence electrons. The highest BCUT2D eigenvalue weighted by atomic mass is 35.5. The number of hydrogen-bond donors (Lipinski definition) is 0. The van der Waals surface area contributed by atoms with Crippen molar-refractivity contribution in [3.63, 3.8) is 0 Å². The van der Waals surface area contributed by atoms with Gasteiger partial charge in [0.25, 0.3) is 11.6 Å². The zero-order valence-electron chi connectivity index (χ0n) is 14.9. The standard InChI is InChI=1S/C19H18ClN3O5/c20-14-3-9-17(10-4-14)28-12-19(25)22(13-21-11-1-2-18(21)24)15-5-7-16(8-6-15)23(26)27/h3-10H,1-2,11-13H2. The lowest BCUT2D eigenvalue weighted by Gasteiger charge is -2.28. The van der Waals surface area contributed by atoms with E-state index in [4.69, 9.17) is 16.3 Å². The van der Waals surface area contributed by atoms with Gasteiger partial charge in [0.15, 0.2) is 6.61 Å². The van der Waals surface area contributed by atoms with Crippen molar-refractivity contribution in [2.75, 3.05) is 24.7 Å². The molecule has 0 N–H and O–H groups in total. The zero-order chi connectivity index (χ0) is 20.1. The topological polar surface area (TPSA) is 93.0 Å². The fraction of sp³-hybridized carbons (Fsp3) is 0.263. The molecule has 1 aliphatic heterocycles. The molecule has 0 saturated carbocycles. The predicted octanol–water partition coefficient (Wildman–Crippen LogP) is 3.24. The third-order valence-corrected chi connectivity index (χ3v) is 4.58. The van der Waals surface area contributed by atoms with Gasteiger partial charge in [-0.3, -0.25) is 24.6 Å². The van der Waals surface area contributed by atoms with E-state index < -0.39 is 4.92 Å². The number of rotatable bonds is 7. The molecular formula is C19H18ClN3O5. The summed E-state index contributed by atoms with van der Waals surface area (Å²) in [6.45, 7) is 0.383. The summed E-state index contributed by atoms with van der Waals surface area (Å²) in [7, 11) is 0. The molecule has 1 saturated heterocycles. The van der Waals surface area contributed by atoms with Crippen LogP contribution in [0, 0.1) is 10.1 Å². The van der Waals surface area contributed by atoms with Gasteiger partial charge in [-0.2, -0.15) is 0 Å². The number of hydrogen-bond acceptors (Lipinski definition) is 5. The van der Waals surface area contributed by atoms with E-state index >= 15 is 0 Å². The Morgan fingerprint density at radius 2 is 1.86 bits per heavy atom. The Balaban J connectivity index is 1.76. The molecule has 9 heteroatoms. The van der Waals surface area contributed by atoms with Crippen LogP contribution in [0.5, 0.6) is 5.75 Å². The summed E-state index contributed by atoms with van der Waals surface area (Å²) < 4.78 is 5.52. The normalized spacial score (nSPS) is 13.5. The molecule has 2 amide bonds. The third-order valence-electron chi connectivity index (χ3n) is 4.33. The SMILES string of the molecule is O=C1CCCN1CN(C(=O)COc1ccc(Cl)cc1)c1ccc([N+](=O)[O-])cc1. The van der Waals surface area contributed by atoms with Gasteiger partial charge in [-0.05, 0) is 42.8 Å². The first-order chi connectivity index (χ1) is 13.4. The number of amides is 2. The van der Waals surface area contributed by atoms with E-state index in [0.717, 1.165) is 6.42 Å². The molecule has 3 rings (SSSR count). The summed E-state index contributed by atoms with van der Waals surface area (Å²) >= 11 is 5.83. The zero-order valence-corrected chi connectivity index (χ0v) is 15.7. The first-order valence-electron chi connectivity index (χ1n) is 8.65. The highest BCUT2D eigenvalue weighted by molar-refractivity contribution is 6.30. The molecule has 0 spiro atoms. The largest absolute Gasteiger partial charge is 0.484 e. The van der Waals surface area contributed by atoms with Crippen molar-refractivity contribution in [3.8, 4) is 5.75 Å². The minimum atomic E-state index is -0.510. The quantitative estimate of drug-likeness (QED) is 0.522. The van der Waals surface area contributed by atoms with Crippen molar-refractivity contribution >= 4 is 34.8 Å². The van der Waals surface area contributed by atoms with Crippen LogP contribution in [0.4, 0.5) is 11.4 Å². The first kappa shape index (κ1) is 19.6. The fourth-order valence-corrected chi connectivity index (χ4v) is 2.96. The monoisotopic (exact) mass is 403 g/mol. The number of carbonyl (C=O) groups excluding carboxylic acids is 2. The van der Waals surface area contributed by atoms with E-state index in [0.29, 0.717) is 29.4 Å². The Bertz CT molecular complexity index is 870. The first-order valence-corrected chi connectivity index (χ1v) is 9.03. The van der Waals surface area contributed by atoms with E-state index in [-0.39, 0.29) is 30.8 Å². The molecular weight excluding hydrogens is 386 g/mol. The fourth-order valence-electron chi connectivity index (χ4n) is 2.84. The second-order valence-corrected chi connectivity index (χ2v) is 6.68. The number of carbonyl (C=O) groups is 2. The molecule has 0 unspecified atom stereocenters. The van der Waals surface area contributed by atoms with E-state index in [1.54, 1.807) is 29.2 Å². The van der Waals surface area contributed by atoms with Gasteiger partial charge in [0.05, 0.1) is 4.92 Å². The Morgan fingerprint density at radius 1 is 1.18 bits per heavy atom. The van der Waals surface area contributed by atoms with E-state index in [1.165, 1.54) is 29.2 Å². The molecule has 1 heterocycles. The number of likely N-dealkylation sites (tertiary alicyclic amines) is 1. The average Bonchev–Trinajstić information content (AvgIpc) is 3.10. The molecule has 0 aromatic heterocycles.